The fourth-order valence-corrected chi connectivity index (χ4v) is 4.29. The van der Waals surface area contributed by atoms with Gasteiger partial charge < -0.3 is 19.7 Å². The molecule has 0 bridgehead atoms. The molecule has 0 radical (unpaired) electrons. The van der Waals surface area contributed by atoms with Gasteiger partial charge in [-0.3, -0.25) is 4.99 Å². The fraction of sp³-hybridized carbons (Fsp3) is 0.667. The summed E-state index contributed by atoms with van der Waals surface area (Å²) in [7, 11) is 3.57. The highest BCUT2D eigenvalue weighted by Crippen LogP contribution is 2.43. The van der Waals surface area contributed by atoms with Crippen molar-refractivity contribution in [3.63, 3.8) is 0 Å². The summed E-state index contributed by atoms with van der Waals surface area (Å²) in [4.78, 5) is 6.98. The van der Waals surface area contributed by atoms with E-state index in [2.05, 4.69) is 27.3 Å². The molecule has 5 heteroatoms. The van der Waals surface area contributed by atoms with E-state index in [1.165, 1.54) is 50.6 Å². The van der Waals surface area contributed by atoms with Crippen molar-refractivity contribution in [2.24, 2.45) is 10.4 Å². The third-order valence-electron chi connectivity index (χ3n) is 5.79. The molecule has 0 atom stereocenters. The molecule has 0 aromatic heterocycles. The topological polar surface area (TPSA) is 46.1 Å². The van der Waals surface area contributed by atoms with E-state index in [9.17, 15) is 0 Å². The zero-order chi connectivity index (χ0) is 18.2. The summed E-state index contributed by atoms with van der Waals surface area (Å²) < 4.78 is 10.6. The number of benzene rings is 1. The zero-order valence-electron chi connectivity index (χ0n) is 16.3. The van der Waals surface area contributed by atoms with Crippen molar-refractivity contribution in [3.8, 4) is 5.75 Å². The summed E-state index contributed by atoms with van der Waals surface area (Å²) in [6.07, 6.45) is 8.33. The number of nitrogens with one attached hydrogen (secondary N) is 1. The molecular weight excluding hydrogens is 326 g/mol. The van der Waals surface area contributed by atoms with E-state index in [1.54, 1.807) is 7.11 Å². The van der Waals surface area contributed by atoms with Crippen LogP contribution in [0.15, 0.2) is 29.3 Å². The van der Waals surface area contributed by atoms with Gasteiger partial charge in [-0.05, 0) is 42.4 Å². The van der Waals surface area contributed by atoms with E-state index < -0.39 is 0 Å². The van der Waals surface area contributed by atoms with Gasteiger partial charge in [0.1, 0.15) is 12.4 Å². The summed E-state index contributed by atoms with van der Waals surface area (Å²) in [5, 5.41) is 3.54. The minimum absolute atomic E-state index is 0.553. The Morgan fingerprint density at radius 1 is 1.12 bits per heavy atom. The lowest BCUT2D eigenvalue weighted by atomic mass is 9.73. The maximum absolute atomic E-state index is 5.62. The minimum Gasteiger partial charge on any atom is -0.491 e. The molecule has 1 spiro atoms. The van der Waals surface area contributed by atoms with E-state index in [0.29, 0.717) is 18.6 Å². The van der Waals surface area contributed by atoms with Gasteiger partial charge in [-0.25, -0.2) is 0 Å². The second-order valence-corrected chi connectivity index (χ2v) is 7.62. The van der Waals surface area contributed by atoms with Gasteiger partial charge in [-0.2, -0.15) is 0 Å². The van der Waals surface area contributed by atoms with Crippen molar-refractivity contribution in [1.82, 2.24) is 10.2 Å². The highest BCUT2D eigenvalue weighted by molar-refractivity contribution is 5.80. The maximum Gasteiger partial charge on any atom is 0.193 e. The standard InChI is InChI=1S/C21H33N3O2/c1-22-20(24-13-12-21(17-24)10-4-3-5-11-21)23-16-18-6-8-19(9-7-18)26-15-14-25-2/h6-9H,3-5,10-17H2,1-2H3,(H,22,23). The molecule has 1 heterocycles. The van der Waals surface area contributed by atoms with Crippen LogP contribution in [0.25, 0.3) is 0 Å². The Kier molecular flexibility index (Phi) is 6.78. The minimum atomic E-state index is 0.553. The van der Waals surface area contributed by atoms with Crippen LogP contribution in [-0.2, 0) is 11.3 Å². The van der Waals surface area contributed by atoms with Crippen LogP contribution < -0.4 is 10.1 Å². The predicted molar refractivity (Wildman–Crippen MR) is 106 cm³/mol. The van der Waals surface area contributed by atoms with Gasteiger partial charge in [0.2, 0.25) is 0 Å². The lowest BCUT2D eigenvalue weighted by Crippen LogP contribution is -2.41. The summed E-state index contributed by atoms with van der Waals surface area (Å²) >= 11 is 0. The largest absolute Gasteiger partial charge is 0.491 e. The van der Waals surface area contributed by atoms with E-state index in [-0.39, 0.29) is 0 Å². The number of aliphatic imine (C=N–C) groups is 1. The first-order valence-corrected chi connectivity index (χ1v) is 9.91. The third-order valence-corrected chi connectivity index (χ3v) is 5.79. The van der Waals surface area contributed by atoms with Crippen LogP contribution in [0.1, 0.15) is 44.1 Å². The van der Waals surface area contributed by atoms with Crippen molar-refractivity contribution >= 4 is 5.96 Å². The van der Waals surface area contributed by atoms with Gasteiger partial charge in [0.05, 0.1) is 6.61 Å². The Morgan fingerprint density at radius 2 is 1.88 bits per heavy atom. The van der Waals surface area contributed by atoms with E-state index in [4.69, 9.17) is 9.47 Å². The van der Waals surface area contributed by atoms with Crippen LogP contribution in [0.4, 0.5) is 0 Å². The number of hydrogen-bond donors (Lipinski definition) is 1. The first kappa shape index (κ1) is 19.0. The Balaban J connectivity index is 1.48. The van der Waals surface area contributed by atoms with Crippen LogP contribution in [0.5, 0.6) is 5.75 Å². The Morgan fingerprint density at radius 3 is 2.58 bits per heavy atom. The van der Waals surface area contributed by atoms with Crippen molar-refractivity contribution in [2.45, 2.75) is 45.1 Å². The number of methoxy groups -OCH3 is 1. The molecule has 26 heavy (non-hydrogen) atoms. The SMILES string of the molecule is CN=C(NCc1ccc(OCCOC)cc1)N1CCC2(CCCCC2)C1. The van der Waals surface area contributed by atoms with Crippen LogP contribution in [0.2, 0.25) is 0 Å². The van der Waals surface area contributed by atoms with Gasteiger partial charge >= 0.3 is 0 Å². The molecule has 1 saturated carbocycles. The monoisotopic (exact) mass is 359 g/mol. The summed E-state index contributed by atoms with van der Waals surface area (Å²) in [5.41, 5.74) is 1.79. The Hall–Kier alpha value is -1.75. The molecule has 5 nitrogen and oxygen atoms in total. The van der Waals surface area contributed by atoms with Gasteiger partial charge in [-0.1, -0.05) is 31.4 Å². The number of nitrogens with zero attached hydrogens (tertiary/aromatic N) is 2. The molecule has 0 amide bonds. The van der Waals surface area contributed by atoms with Crippen LogP contribution in [0.3, 0.4) is 0 Å². The quantitative estimate of drug-likeness (QED) is 0.480. The molecule has 3 rings (SSSR count). The molecule has 1 aliphatic carbocycles. The van der Waals surface area contributed by atoms with Gasteiger partial charge in [0.15, 0.2) is 5.96 Å². The highest BCUT2D eigenvalue weighted by atomic mass is 16.5. The molecule has 2 aliphatic rings. The first-order chi connectivity index (χ1) is 12.7. The van der Waals surface area contributed by atoms with Crippen LogP contribution in [0, 0.1) is 5.41 Å². The van der Waals surface area contributed by atoms with Crippen molar-refractivity contribution in [3.05, 3.63) is 29.8 Å². The number of ether oxygens (including phenoxy) is 2. The average Bonchev–Trinajstić information content (AvgIpc) is 3.07. The Bertz CT molecular complexity index is 579. The predicted octanol–water partition coefficient (Wildman–Crippen LogP) is 3.44. The van der Waals surface area contributed by atoms with E-state index >= 15 is 0 Å². The summed E-state index contributed by atoms with van der Waals surface area (Å²) in [5.74, 6) is 1.92. The molecule has 144 valence electrons. The smallest absolute Gasteiger partial charge is 0.193 e. The molecule has 1 saturated heterocycles. The van der Waals surface area contributed by atoms with Crippen LogP contribution >= 0.6 is 0 Å². The fourth-order valence-electron chi connectivity index (χ4n) is 4.29. The highest BCUT2D eigenvalue weighted by Gasteiger charge is 2.39. The second-order valence-electron chi connectivity index (χ2n) is 7.62. The molecule has 1 aliphatic heterocycles. The van der Waals surface area contributed by atoms with Gasteiger partial charge in [0.25, 0.3) is 0 Å². The van der Waals surface area contributed by atoms with Crippen LogP contribution in [-0.4, -0.2) is 51.3 Å². The first-order valence-electron chi connectivity index (χ1n) is 9.91. The molecule has 2 fully saturated rings. The third kappa shape index (κ3) is 4.91. The summed E-state index contributed by atoms with van der Waals surface area (Å²) in [6, 6.07) is 8.24. The second kappa shape index (κ2) is 9.26. The van der Waals surface area contributed by atoms with Crippen molar-refractivity contribution < 1.29 is 9.47 Å². The van der Waals surface area contributed by atoms with E-state index in [1.807, 2.05) is 19.2 Å². The molecule has 1 N–H and O–H groups in total. The maximum atomic E-state index is 5.62. The number of guanidine groups is 1. The molecular formula is C21H33N3O2. The molecule has 1 aromatic rings. The molecule has 1 aromatic carbocycles. The normalized spacial score (nSPS) is 19.8. The number of likely N-dealkylation sites (tertiary alicyclic amines) is 1. The Labute approximate surface area is 157 Å². The van der Waals surface area contributed by atoms with E-state index in [0.717, 1.165) is 24.8 Å². The molecule has 0 unspecified atom stereocenters. The van der Waals surface area contributed by atoms with Crippen molar-refractivity contribution in [1.29, 1.82) is 0 Å². The lowest BCUT2D eigenvalue weighted by molar-refractivity contribution is 0.146. The number of hydrogen-bond acceptors (Lipinski definition) is 3. The summed E-state index contributed by atoms with van der Waals surface area (Å²) in [6.45, 7) is 4.27. The zero-order valence-corrected chi connectivity index (χ0v) is 16.3. The van der Waals surface area contributed by atoms with Crippen molar-refractivity contribution in [2.75, 3.05) is 40.5 Å². The lowest BCUT2D eigenvalue weighted by Gasteiger charge is -2.33. The van der Waals surface area contributed by atoms with Gasteiger partial charge in [0, 0.05) is 33.8 Å². The average molecular weight is 360 g/mol. The van der Waals surface area contributed by atoms with Gasteiger partial charge in [-0.15, -0.1) is 0 Å². The number of rotatable bonds is 6.